The predicted octanol–water partition coefficient (Wildman–Crippen LogP) is 3.81. The molecule has 27 heavy (non-hydrogen) atoms. The Morgan fingerprint density at radius 1 is 1.11 bits per heavy atom. The van der Waals surface area contributed by atoms with Gasteiger partial charge in [-0.05, 0) is 63.2 Å². The van der Waals surface area contributed by atoms with Crippen molar-refractivity contribution in [1.29, 1.82) is 0 Å². The molecule has 0 bridgehead atoms. The summed E-state index contributed by atoms with van der Waals surface area (Å²) >= 11 is 0. The molecule has 0 spiro atoms. The molecular weight excluding hydrogens is 336 g/mol. The van der Waals surface area contributed by atoms with Crippen LogP contribution in [-0.2, 0) is 13.0 Å². The summed E-state index contributed by atoms with van der Waals surface area (Å²) in [4.78, 5) is 5.03. The van der Waals surface area contributed by atoms with E-state index in [2.05, 4.69) is 63.4 Å². The van der Waals surface area contributed by atoms with Gasteiger partial charge < -0.3 is 9.32 Å². The predicted molar refractivity (Wildman–Crippen MR) is 107 cm³/mol. The summed E-state index contributed by atoms with van der Waals surface area (Å²) in [6, 6.07) is 17.5. The molecule has 3 aromatic rings. The van der Waals surface area contributed by atoms with Crippen molar-refractivity contribution < 1.29 is 4.42 Å². The Bertz CT molecular complexity index is 804. The number of benzene rings is 1. The van der Waals surface area contributed by atoms with Crippen LogP contribution < -0.4 is 0 Å². The normalized spacial score (nSPS) is 16.2. The van der Waals surface area contributed by atoms with Gasteiger partial charge in [-0.3, -0.25) is 10.00 Å². The number of piperidine rings is 1. The first kappa shape index (κ1) is 18.0. The van der Waals surface area contributed by atoms with Crippen molar-refractivity contribution in [3.8, 4) is 11.5 Å². The third-order valence-corrected chi connectivity index (χ3v) is 5.52. The van der Waals surface area contributed by atoms with Crippen molar-refractivity contribution in [2.75, 3.05) is 26.7 Å². The number of nitrogens with zero attached hydrogens (tertiary/aromatic N) is 3. The highest BCUT2D eigenvalue weighted by Crippen LogP contribution is 2.23. The fraction of sp³-hybridized carbons (Fsp3) is 0.409. The first-order valence-corrected chi connectivity index (χ1v) is 9.83. The second-order valence-corrected chi connectivity index (χ2v) is 7.48. The lowest BCUT2D eigenvalue weighted by atomic mass is 10.0. The standard InChI is InChI=1S/C22H28N4O/c1-25-14-11-19(12-15-25)26(16-10-18-5-3-2-4-6-18)17-20-7-8-22(27-20)21-9-13-23-24-21/h2-9,13,19H,10-12,14-17H2,1H3,(H,23,24). The van der Waals surface area contributed by atoms with E-state index in [1.54, 1.807) is 6.20 Å². The Hall–Kier alpha value is -2.37. The molecular formula is C22H28N4O. The zero-order valence-electron chi connectivity index (χ0n) is 16.0. The van der Waals surface area contributed by atoms with Crippen LogP contribution in [0.3, 0.4) is 0 Å². The molecule has 1 fully saturated rings. The maximum atomic E-state index is 6.10. The number of nitrogens with one attached hydrogen (secondary N) is 1. The summed E-state index contributed by atoms with van der Waals surface area (Å²) < 4.78 is 6.10. The van der Waals surface area contributed by atoms with E-state index >= 15 is 0 Å². The minimum atomic E-state index is 0.616. The number of hydrogen-bond acceptors (Lipinski definition) is 4. The molecule has 0 atom stereocenters. The highest BCUT2D eigenvalue weighted by molar-refractivity contribution is 5.51. The number of aromatic nitrogens is 2. The minimum Gasteiger partial charge on any atom is -0.458 e. The lowest BCUT2D eigenvalue weighted by Crippen LogP contribution is -2.44. The summed E-state index contributed by atoms with van der Waals surface area (Å²) in [5, 5.41) is 6.98. The molecule has 5 nitrogen and oxygen atoms in total. The number of H-pyrrole nitrogens is 1. The molecule has 1 N–H and O–H groups in total. The zero-order chi connectivity index (χ0) is 18.5. The Morgan fingerprint density at radius 2 is 1.93 bits per heavy atom. The van der Waals surface area contributed by atoms with Gasteiger partial charge in [-0.25, -0.2) is 0 Å². The second kappa shape index (κ2) is 8.55. The molecule has 0 amide bonds. The van der Waals surface area contributed by atoms with E-state index in [4.69, 9.17) is 4.42 Å². The van der Waals surface area contributed by atoms with Gasteiger partial charge in [0.1, 0.15) is 11.5 Å². The van der Waals surface area contributed by atoms with Gasteiger partial charge in [0, 0.05) is 18.8 Å². The van der Waals surface area contributed by atoms with Gasteiger partial charge in [0.15, 0.2) is 5.76 Å². The van der Waals surface area contributed by atoms with Crippen molar-refractivity contribution in [3.63, 3.8) is 0 Å². The first-order valence-electron chi connectivity index (χ1n) is 9.83. The van der Waals surface area contributed by atoms with Crippen LogP contribution in [0.4, 0.5) is 0 Å². The number of rotatable bonds is 7. The van der Waals surface area contributed by atoms with E-state index in [0.29, 0.717) is 6.04 Å². The van der Waals surface area contributed by atoms with Crippen molar-refractivity contribution in [2.24, 2.45) is 0 Å². The summed E-state index contributed by atoms with van der Waals surface area (Å²) in [6.07, 6.45) is 5.27. The van der Waals surface area contributed by atoms with E-state index in [1.165, 1.54) is 31.5 Å². The molecule has 5 heteroatoms. The summed E-state index contributed by atoms with van der Waals surface area (Å²) in [6.45, 7) is 4.25. The zero-order valence-corrected chi connectivity index (χ0v) is 16.0. The molecule has 2 aromatic heterocycles. The van der Waals surface area contributed by atoms with Crippen molar-refractivity contribution >= 4 is 0 Å². The fourth-order valence-corrected chi connectivity index (χ4v) is 3.87. The smallest absolute Gasteiger partial charge is 0.152 e. The molecule has 0 radical (unpaired) electrons. The van der Waals surface area contributed by atoms with Gasteiger partial charge in [-0.2, -0.15) is 5.10 Å². The Morgan fingerprint density at radius 3 is 2.67 bits per heavy atom. The lowest BCUT2D eigenvalue weighted by Gasteiger charge is -2.37. The number of aromatic amines is 1. The Kier molecular flexibility index (Phi) is 5.70. The van der Waals surface area contributed by atoms with Gasteiger partial charge in [0.05, 0.1) is 6.54 Å². The maximum Gasteiger partial charge on any atom is 0.152 e. The molecule has 1 aromatic carbocycles. The van der Waals surface area contributed by atoms with Crippen LogP contribution in [0.5, 0.6) is 0 Å². The van der Waals surface area contributed by atoms with Crippen molar-refractivity contribution in [1.82, 2.24) is 20.0 Å². The highest BCUT2D eigenvalue weighted by Gasteiger charge is 2.24. The summed E-state index contributed by atoms with van der Waals surface area (Å²) in [5.41, 5.74) is 2.32. The number of hydrogen-bond donors (Lipinski definition) is 1. The van der Waals surface area contributed by atoms with Crippen LogP contribution >= 0.6 is 0 Å². The van der Waals surface area contributed by atoms with Crippen LogP contribution in [0.25, 0.3) is 11.5 Å². The Balaban J connectivity index is 1.45. The van der Waals surface area contributed by atoms with E-state index in [-0.39, 0.29) is 0 Å². The van der Waals surface area contributed by atoms with Crippen LogP contribution in [0.2, 0.25) is 0 Å². The quantitative estimate of drug-likeness (QED) is 0.693. The molecule has 1 saturated heterocycles. The largest absolute Gasteiger partial charge is 0.458 e. The van der Waals surface area contributed by atoms with Crippen LogP contribution in [0, 0.1) is 0 Å². The fourth-order valence-electron chi connectivity index (χ4n) is 3.87. The molecule has 142 valence electrons. The van der Waals surface area contributed by atoms with Gasteiger partial charge in [-0.1, -0.05) is 30.3 Å². The van der Waals surface area contributed by atoms with Gasteiger partial charge in [0.2, 0.25) is 0 Å². The molecule has 1 aliphatic rings. The van der Waals surface area contributed by atoms with Crippen molar-refractivity contribution in [2.45, 2.75) is 31.8 Å². The van der Waals surface area contributed by atoms with Gasteiger partial charge in [-0.15, -0.1) is 0 Å². The van der Waals surface area contributed by atoms with Crippen LogP contribution in [0.15, 0.2) is 59.1 Å². The molecule has 3 heterocycles. The highest BCUT2D eigenvalue weighted by atomic mass is 16.3. The molecule has 1 aliphatic heterocycles. The van der Waals surface area contributed by atoms with Crippen LogP contribution in [-0.4, -0.2) is 52.7 Å². The number of furan rings is 1. The maximum absolute atomic E-state index is 6.10. The summed E-state index contributed by atoms with van der Waals surface area (Å²) in [7, 11) is 2.22. The van der Waals surface area contributed by atoms with E-state index in [9.17, 15) is 0 Å². The molecule has 4 rings (SSSR count). The third-order valence-electron chi connectivity index (χ3n) is 5.52. The Labute approximate surface area is 161 Å². The van der Waals surface area contributed by atoms with Crippen molar-refractivity contribution in [3.05, 3.63) is 66.1 Å². The van der Waals surface area contributed by atoms with E-state index < -0.39 is 0 Å². The molecule has 0 saturated carbocycles. The average molecular weight is 364 g/mol. The van der Waals surface area contributed by atoms with Gasteiger partial charge in [0.25, 0.3) is 0 Å². The average Bonchev–Trinajstić information content (AvgIpc) is 3.38. The van der Waals surface area contributed by atoms with E-state index in [0.717, 1.165) is 36.7 Å². The lowest BCUT2D eigenvalue weighted by molar-refractivity contribution is 0.109. The second-order valence-electron chi connectivity index (χ2n) is 7.48. The monoisotopic (exact) mass is 364 g/mol. The van der Waals surface area contributed by atoms with Gasteiger partial charge >= 0.3 is 0 Å². The molecule has 0 aliphatic carbocycles. The topological polar surface area (TPSA) is 48.3 Å². The SMILES string of the molecule is CN1CCC(N(CCc2ccccc2)Cc2ccc(-c3ccn[nH]3)o2)CC1. The first-order chi connectivity index (χ1) is 13.3. The summed E-state index contributed by atoms with van der Waals surface area (Å²) in [5.74, 6) is 1.88. The number of likely N-dealkylation sites (tertiary alicyclic amines) is 1. The third kappa shape index (κ3) is 4.67. The van der Waals surface area contributed by atoms with Crippen LogP contribution in [0.1, 0.15) is 24.2 Å². The van der Waals surface area contributed by atoms with E-state index in [1.807, 2.05) is 12.1 Å². The molecule has 0 unspecified atom stereocenters. The minimum absolute atomic E-state index is 0.616.